The standard InChI is InChI=1S/C21H24ClN3O2.ClH/c1-14(23)2-10-20(26)24-18-8-9-19-16(12-18)5-11-21(27)25(19)13-15-3-6-17(22)7-4-15;/h3-4,6-9,12,14H,2,5,10-11,13,23H2,1H3,(H,24,26);1H. The van der Waals surface area contributed by atoms with Crippen molar-refractivity contribution in [2.45, 2.75) is 45.2 Å². The van der Waals surface area contributed by atoms with E-state index in [2.05, 4.69) is 5.32 Å². The Labute approximate surface area is 176 Å². The van der Waals surface area contributed by atoms with Gasteiger partial charge in [-0.15, -0.1) is 12.4 Å². The molecule has 0 spiro atoms. The van der Waals surface area contributed by atoms with Crippen molar-refractivity contribution in [3.8, 4) is 0 Å². The molecule has 1 heterocycles. The zero-order valence-electron chi connectivity index (χ0n) is 15.8. The summed E-state index contributed by atoms with van der Waals surface area (Å²) in [4.78, 5) is 26.3. The van der Waals surface area contributed by atoms with Crippen LogP contribution in [-0.2, 0) is 22.6 Å². The van der Waals surface area contributed by atoms with Crippen molar-refractivity contribution in [2.24, 2.45) is 5.73 Å². The van der Waals surface area contributed by atoms with E-state index in [-0.39, 0.29) is 30.3 Å². The van der Waals surface area contributed by atoms with E-state index in [0.29, 0.717) is 37.3 Å². The first-order chi connectivity index (χ1) is 12.9. The van der Waals surface area contributed by atoms with Crippen LogP contribution in [-0.4, -0.2) is 17.9 Å². The summed E-state index contributed by atoms with van der Waals surface area (Å²) in [5.74, 6) is 0.0586. The molecular formula is C21H25Cl2N3O2. The highest BCUT2D eigenvalue weighted by Crippen LogP contribution is 2.31. The maximum absolute atomic E-state index is 12.5. The zero-order chi connectivity index (χ0) is 19.4. The molecule has 3 N–H and O–H groups in total. The molecule has 0 bridgehead atoms. The predicted molar refractivity (Wildman–Crippen MR) is 116 cm³/mol. The van der Waals surface area contributed by atoms with Gasteiger partial charge < -0.3 is 16.0 Å². The number of halogens is 2. The monoisotopic (exact) mass is 421 g/mol. The number of nitrogens with one attached hydrogen (secondary N) is 1. The number of amides is 2. The Morgan fingerprint density at radius 2 is 1.93 bits per heavy atom. The van der Waals surface area contributed by atoms with Crippen LogP contribution in [0.3, 0.4) is 0 Å². The first-order valence-electron chi connectivity index (χ1n) is 9.15. The molecule has 7 heteroatoms. The number of benzene rings is 2. The molecule has 150 valence electrons. The van der Waals surface area contributed by atoms with Crippen molar-refractivity contribution in [3.05, 3.63) is 58.6 Å². The number of rotatable bonds is 6. The molecular weight excluding hydrogens is 397 g/mol. The third kappa shape index (κ3) is 5.71. The van der Waals surface area contributed by atoms with Gasteiger partial charge in [-0.1, -0.05) is 23.7 Å². The van der Waals surface area contributed by atoms with Crippen LogP contribution in [0.15, 0.2) is 42.5 Å². The van der Waals surface area contributed by atoms with Crippen molar-refractivity contribution in [1.29, 1.82) is 0 Å². The molecule has 2 aromatic rings. The molecule has 1 unspecified atom stereocenters. The smallest absolute Gasteiger partial charge is 0.227 e. The van der Waals surface area contributed by atoms with Crippen LogP contribution in [0.5, 0.6) is 0 Å². The van der Waals surface area contributed by atoms with Crippen LogP contribution in [0, 0.1) is 0 Å². The Kier molecular flexibility index (Phi) is 7.87. The number of carbonyl (C=O) groups excluding carboxylic acids is 2. The van der Waals surface area contributed by atoms with Gasteiger partial charge in [-0.3, -0.25) is 9.59 Å². The van der Waals surface area contributed by atoms with E-state index < -0.39 is 0 Å². The first kappa shape index (κ1) is 22.2. The summed E-state index contributed by atoms with van der Waals surface area (Å²) in [6.07, 6.45) is 2.19. The van der Waals surface area contributed by atoms with Gasteiger partial charge >= 0.3 is 0 Å². The summed E-state index contributed by atoms with van der Waals surface area (Å²) in [7, 11) is 0. The van der Waals surface area contributed by atoms with Gasteiger partial charge in [0.2, 0.25) is 11.8 Å². The molecule has 0 aromatic heterocycles. The third-order valence-corrected chi connectivity index (χ3v) is 4.90. The second-order valence-corrected chi connectivity index (χ2v) is 7.45. The van der Waals surface area contributed by atoms with Gasteiger partial charge in [-0.05, 0) is 61.2 Å². The van der Waals surface area contributed by atoms with Gasteiger partial charge in [0, 0.05) is 35.3 Å². The van der Waals surface area contributed by atoms with Crippen molar-refractivity contribution in [1.82, 2.24) is 0 Å². The van der Waals surface area contributed by atoms with Crippen LogP contribution in [0.1, 0.15) is 37.3 Å². The molecule has 0 saturated carbocycles. The second kappa shape index (κ2) is 9.92. The summed E-state index contributed by atoms with van der Waals surface area (Å²) in [5, 5.41) is 3.59. The van der Waals surface area contributed by atoms with Gasteiger partial charge in [-0.25, -0.2) is 0 Å². The summed E-state index contributed by atoms with van der Waals surface area (Å²) in [6.45, 7) is 2.39. The Hall–Kier alpha value is -2.08. The van der Waals surface area contributed by atoms with Crippen molar-refractivity contribution in [3.63, 3.8) is 0 Å². The molecule has 0 radical (unpaired) electrons. The maximum Gasteiger partial charge on any atom is 0.227 e. The van der Waals surface area contributed by atoms with Crippen LogP contribution < -0.4 is 16.0 Å². The minimum Gasteiger partial charge on any atom is -0.328 e. The van der Waals surface area contributed by atoms with E-state index in [9.17, 15) is 9.59 Å². The summed E-state index contributed by atoms with van der Waals surface area (Å²) < 4.78 is 0. The van der Waals surface area contributed by atoms with Crippen LogP contribution in [0.25, 0.3) is 0 Å². The van der Waals surface area contributed by atoms with Crippen LogP contribution in [0.2, 0.25) is 5.02 Å². The summed E-state index contributed by atoms with van der Waals surface area (Å²) in [5.41, 5.74) is 9.44. The number of carbonyl (C=O) groups is 2. The zero-order valence-corrected chi connectivity index (χ0v) is 17.4. The fraction of sp³-hybridized carbons (Fsp3) is 0.333. The molecule has 0 fully saturated rings. The van der Waals surface area contributed by atoms with Crippen LogP contribution >= 0.6 is 24.0 Å². The second-order valence-electron chi connectivity index (χ2n) is 7.01. The molecule has 0 aliphatic carbocycles. The SMILES string of the molecule is CC(N)CCC(=O)Nc1ccc2c(c1)CCC(=O)N2Cc1ccc(Cl)cc1.Cl. The van der Waals surface area contributed by atoms with Gasteiger partial charge in [0.15, 0.2) is 0 Å². The Balaban J connectivity index is 0.00000280. The molecule has 2 amide bonds. The normalized spacial score (nSPS) is 14.1. The fourth-order valence-corrected chi connectivity index (χ4v) is 3.29. The van der Waals surface area contributed by atoms with E-state index in [1.165, 1.54) is 0 Å². The predicted octanol–water partition coefficient (Wildman–Crippen LogP) is 4.31. The number of hydrogen-bond acceptors (Lipinski definition) is 3. The number of hydrogen-bond donors (Lipinski definition) is 2. The van der Waals surface area contributed by atoms with Crippen LogP contribution in [0.4, 0.5) is 11.4 Å². The lowest BCUT2D eigenvalue weighted by Crippen LogP contribution is -2.34. The highest BCUT2D eigenvalue weighted by Gasteiger charge is 2.24. The fourth-order valence-electron chi connectivity index (χ4n) is 3.17. The topological polar surface area (TPSA) is 75.4 Å². The highest BCUT2D eigenvalue weighted by atomic mass is 35.5. The third-order valence-electron chi connectivity index (χ3n) is 4.64. The summed E-state index contributed by atoms with van der Waals surface area (Å²) >= 11 is 5.94. The van der Waals surface area contributed by atoms with Gasteiger partial charge in [0.1, 0.15) is 0 Å². The molecule has 2 aromatic carbocycles. The lowest BCUT2D eigenvalue weighted by Gasteiger charge is -2.30. The Morgan fingerprint density at radius 1 is 1.21 bits per heavy atom. The van der Waals surface area contributed by atoms with E-state index in [4.69, 9.17) is 17.3 Å². The van der Waals surface area contributed by atoms with E-state index in [0.717, 1.165) is 22.5 Å². The Bertz CT molecular complexity index is 838. The number of aryl methyl sites for hydroxylation is 1. The maximum atomic E-state index is 12.5. The minimum atomic E-state index is -0.0443. The van der Waals surface area contributed by atoms with Gasteiger partial charge in [0.05, 0.1) is 6.54 Å². The quantitative estimate of drug-likeness (QED) is 0.729. The number of nitrogens with zero attached hydrogens (tertiary/aromatic N) is 1. The largest absolute Gasteiger partial charge is 0.328 e. The minimum absolute atomic E-state index is 0. The molecule has 0 saturated heterocycles. The van der Waals surface area contributed by atoms with E-state index >= 15 is 0 Å². The van der Waals surface area contributed by atoms with Gasteiger partial charge in [0.25, 0.3) is 0 Å². The van der Waals surface area contributed by atoms with Crippen molar-refractivity contribution < 1.29 is 9.59 Å². The molecule has 1 aliphatic rings. The average molecular weight is 422 g/mol. The summed E-state index contributed by atoms with van der Waals surface area (Å²) in [6, 6.07) is 13.2. The van der Waals surface area contributed by atoms with Gasteiger partial charge in [-0.2, -0.15) is 0 Å². The van der Waals surface area contributed by atoms with Crippen molar-refractivity contribution in [2.75, 3.05) is 10.2 Å². The van der Waals surface area contributed by atoms with Crippen molar-refractivity contribution >= 4 is 47.2 Å². The lowest BCUT2D eigenvalue weighted by molar-refractivity contribution is -0.119. The molecule has 5 nitrogen and oxygen atoms in total. The lowest BCUT2D eigenvalue weighted by atomic mass is 9.99. The Morgan fingerprint density at radius 3 is 2.61 bits per heavy atom. The number of anilines is 2. The molecule has 1 aliphatic heterocycles. The number of fused-ring (bicyclic) bond motifs is 1. The van der Waals surface area contributed by atoms with E-state index in [1.54, 1.807) is 4.90 Å². The molecule has 28 heavy (non-hydrogen) atoms. The average Bonchev–Trinajstić information content (AvgIpc) is 2.64. The highest BCUT2D eigenvalue weighted by molar-refractivity contribution is 6.30. The van der Waals surface area contributed by atoms with E-state index in [1.807, 2.05) is 49.4 Å². The first-order valence-corrected chi connectivity index (χ1v) is 9.53. The number of nitrogens with two attached hydrogens (primary N) is 1. The molecule has 3 rings (SSSR count). The molecule has 1 atom stereocenters.